The lowest BCUT2D eigenvalue weighted by molar-refractivity contribution is -0.134. The summed E-state index contributed by atoms with van der Waals surface area (Å²) in [6.07, 6.45) is 1.30. The molecule has 0 spiro atoms. The molecule has 6 nitrogen and oxygen atoms in total. The summed E-state index contributed by atoms with van der Waals surface area (Å²) in [4.78, 5) is 18.8. The molecule has 1 aliphatic rings. The number of carbonyl (C=O) groups is 1. The van der Waals surface area contributed by atoms with Crippen molar-refractivity contribution in [3.63, 3.8) is 0 Å². The Kier molecular flexibility index (Phi) is 7.06. The minimum Gasteiger partial charge on any atom is -0.507 e. The Morgan fingerprint density at radius 1 is 1.19 bits per heavy atom. The number of nitrogens with zero attached hydrogens (tertiary/aromatic N) is 2. The number of carbonyl (C=O) groups excluding carboxylic acids is 1. The van der Waals surface area contributed by atoms with Gasteiger partial charge in [-0.25, -0.2) is 4.85 Å². The summed E-state index contributed by atoms with van der Waals surface area (Å²) in [5.74, 6) is 1.42. The quantitative estimate of drug-likeness (QED) is 0.667. The van der Waals surface area contributed by atoms with Gasteiger partial charge in [0.1, 0.15) is 17.2 Å². The Balaban J connectivity index is 2.04. The highest BCUT2D eigenvalue weighted by atomic mass is 16.5. The molecule has 31 heavy (non-hydrogen) atoms. The monoisotopic (exact) mass is 422 g/mol. The van der Waals surface area contributed by atoms with Crippen molar-refractivity contribution in [2.24, 2.45) is 11.8 Å². The van der Waals surface area contributed by atoms with E-state index in [9.17, 15) is 9.90 Å². The van der Waals surface area contributed by atoms with Crippen LogP contribution in [0.5, 0.6) is 17.2 Å². The predicted octanol–water partition coefficient (Wildman–Crippen LogP) is 4.99. The van der Waals surface area contributed by atoms with Gasteiger partial charge in [0.15, 0.2) is 5.69 Å². The van der Waals surface area contributed by atoms with Gasteiger partial charge in [0, 0.05) is 43.1 Å². The van der Waals surface area contributed by atoms with Crippen LogP contribution in [-0.4, -0.2) is 43.2 Å². The first-order valence-corrected chi connectivity index (χ1v) is 10.6. The van der Waals surface area contributed by atoms with E-state index in [0.29, 0.717) is 34.6 Å². The van der Waals surface area contributed by atoms with E-state index < -0.39 is 5.92 Å². The fourth-order valence-corrected chi connectivity index (χ4v) is 4.59. The summed E-state index contributed by atoms with van der Waals surface area (Å²) in [5, 5.41) is 10.9. The van der Waals surface area contributed by atoms with Gasteiger partial charge in [-0.05, 0) is 18.3 Å². The zero-order chi connectivity index (χ0) is 22.5. The van der Waals surface area contributed by atoms with Gasteiger partial charge in [0.25, 0.3) is 0 Å². The van der Waals surface area contributed by atoms with Gasteiger partial charge >= 0.3 is 0 Å². The molecule has 6 heteroatoms. The first-order chi connectivity index (χ1) is 14.9. The number of phenols is 1. The molecular weight excluding hydrogens is 392 g/mol. The summed E-state index contributed by atoms with van der Waals surface area (Å²) in [6, 6.07) is 10.4. The molecule has 3 unspecified atom stereocenters. The lowest BCUT2D eigenvalue weighted by Gasteiger charge is -2.36. The van der Waals surface area contributed by atoms with Crippen LogP contribution in [0.4, 0.5) is 5.69 Å². The first kappa shape index (κ1) is 22.5. The molecule has 2 aromatic rings. The number of aromatic hydroxyl groups is 1. The molecule has 1 heterocycles. The van der Waals surface area contributed by atoms with Crippen molar-refractivity contribution in [3.05, 3.63) is 58.9 Å². The number of phenolic OH excluding ortho intramolecular Hbond substituents is 1. The van der Waals surface area contributed by atoms with E-state index in [4.69, 9.17) is 16.0 Å². The second-order valence-corrected chi connectivity index (χ2v) is 8.47. The molecule has 1 N–H and O–H groups in total. The van der Waals surface area contributed by atoms with Gasteiger partial charge < -0.3 is 19.5 Å². The molecule has 1 amide bonds. The third kappa shape index (κ3) is 5.11. The van der Waals surface area contributed by atoms with E-state index in [-0.39, 0.29) is 18.1 Å². The average Bonchev–Trinajstić information content (AvgIpc) is 2.76. The van der Waals surface area contributed by atoms with Gasteiger partial charge in [0.2, 0.25) is 5.91 Å². The highest BCUT2D eigenvalue weighted by Gasteiger charge is 2.31. The fraction of sp³-hybridized carbons (Fsp3) is 0.440. The van der Waals surface area contributed by atoms with Gasteiger partial charge in [-0.1, -0.05) is 43.7 Å². The van der Waals surface area contributed by atoms with Crippen LogP contribution >= 0.6 is 0 Å². The maximum atomic E-state index is 13.4. The minimum atomic E-state index is -0.456. The smallest absolute Gasteiger partial charge is 0.223 e. The molecular formula is C25H30N2O4. The van der Waals surface area contributed by atoms with Crippen LogP contribution in [0.15, 0.2) is 36.4 Å². The number of amides is 1. The number of piperidine rings is 1. The molecule has 164 valence electrons. The van der Waals surface area contributed by atoms with Crippen LogP contribution in [0.25, 0.3) is 4.85 Å². The highest BCUT2D eigenvalue weighted by Crippen LogP contribution is 2.43. The standard InChI is InChI=1S/C25H30N2O4/c1-16-9-17(2)15-27(14-16)24(29)13-21(18-7-6-8-19(10-18)26-3)25-22(28)11-20(30-4)12-23(25)31-5/h6-8,10-12,16-17,21,28H,9,13-15H2,1-2,4-5H3. The Labute approximate surface area is 184 Å². The second-order valence-electron chi connectivity index (χ2n) is 8.47. The van der Waals surface area contributed by atoms with E-state index >= 15 is 0 Å². The van der Waals surface area contributed by atoms with Crippen molar-refractivity contribution in [3.8, 4) is 17.2 Å². The topological polar surface area (TPSA) is 63.4 Å². The molecule has 3 atom stereocenters. The first-order valence-electron chi connectivity index (χ1n) is 10.6. The lowest BCUT2D eigenvalue weighted by atomic mass is 9.85. The largest absolute Gasteiger partial charge is 0.507 e. The normalized spacial score (nSPS) is 19.4. The Bertz CT molecular complexity index is 972. The van der Waals surface area contributed by atoms with Crippen molar-refractivity contribution >= 4 is 11.6 Å². The molecule has 2 aromatic carbocycles. The van der Waals surface area contributed by atoms with Gasteiger partial charge in [0.05, 0.1) is 20.8 Å². The van der Waals surface area contributed by atoms with Gasteiger partial charge in [-0.15, -0.1) is 0 Å². The summed E-state index contributed by atoms with van der Waals surface area (Å²) in [7, 11) is 3.05. The van der Waals surface area contributed by atoms with Crippen LogP contribution in [0.3, 0.4) is 0 Å². The highest BCUT2D eigenvalue weighted by molar-refractivity contribution is 5.78. The van der Waals surface area contributed by atoms with E-state index in [1.807, 2.05) is 11.0 Å². The predicted molar refractivity (Wildman–Crippen MR) is 120 cm³/mol. The fourth-order valence-electron chi connectivity index (χ4n) is 4.59. The summed E-state index contributed by atoms with van der Waals surface area (Å²) in [5.41, 5.74) is 1.80. The molecule has 0 aromatic heterocycles. The van der Waals surface area contributed by atoms with Gasteiger partial charge in [-0.3, -0.25) is 4.79 Å². The zero-order valence-corrected chi connectivity index (χ0v) is 18.6. The molecule has 1 fully saturated rings. The van der Waals surface area contributed by atoms with Crippen molar-refractivity contribution in [2.45, 2.75) is 32.6 Å². The average molecular weight is 423 g/mol. The molecule has 0 aliphatic carbocycles. The third-order valence-corrected chi connectivity index (χ3v) is 5.90. The van der Waals surface area contributed by atoms with Gasteiger partial charge in [-0.2, -0.15) is 0 Å². The van der Waals surface area contributed by atoms with Crippen LogP contribution in [0.1, 0.15) is 43.7 Å². The zero-order valence-electron chi connectivity index (χ0n) is 18.6. The second kappa shape index (κ2) is 9.74. The van der Waals surface area contributed by atoms with Crippen molar-refractivity contribution in [1.29, 1.82) is 0 Å². The SMILES string of the molecule is [C-]#[N+]c1cccc(C(CC(=O)N2CC(C)CC(C)C2)c2c(O)cc(OC)cc2OC)c1. The Morgan fingerprint density at radius 3 is 2.52 bits per heavy atom. The van der Waals surface area contributed by atoms with E-state index in [1.165, 1.54) is 20.3 Å². The maximum Gasteiger partial charge on any atom is 0.223 e. The van der Waals surface area contributed by atoms with Crippen molar-refractivity contribution in [1.82, 2.24) is 4.90 Å². The molecule has 0 bridgehead atoms. The molecule has 0 saturated carbocycles. The van der Waals surface area contributed by atoms with E-state index in [1.54, 1.807) is 24.3 Å². The summed E-state index contributed by atoms with van der Waals surface area (Å²) in [6.45, 7) is 13.2. The molecule has 1 saturated heterocycles. The molecule has 0 radical (unpaired) electrons. The van der Waals surface area contributed by atoms with Crippen LogP contribution in [-0.2, 0) is 4.79 Å². The van der Waals surface area contributed by atoms with Crippen molar-refractivity contribution in [2.75, 3.05) is 27.3 Å². The number of hydrogen-bond acceptors (Lipinski definition) is 4. The summed E-state index contributed by atoms with van der Waals surface area (Å²) >= 11 is 0. The molecule has 3 rings (SSSR count). The maximum absolute atomic E-state index is 13.4. The number of hydrogen-bond donors (Lipinski definition) is 1. The van der Waals surface area contributed by atoms with Crippen LogP contribution < -0.4 is 9.47 Å². The van der Waals surface area contributed by atoms with Crippen LogP contribution in [0, 0.1) is 18.4 Å². The number of ether oxygens (including phenoxy) is 2. The lowest BCUT2D eigenvalue weighted by Crippen LogP contribution is -2.43. The van der Waals surface area contributed by atoms with Crippen molar-refractivity contribution < 1.29 is 19.4 Å². The number of benzene rings is 2. The summed E-state index contributed by atoms with van der Waals surface area (Å²) < 4.78 is 10.8. The van der Waals surface area contributed by atoms with E-state index in [2.05, 4.69) is 18.7 Å². The number of likely N-dealkylation sites (tertiary alicyclic amines) is 1. The number of rotatable bonds is 6. The minimum absolute atomic E-state index is 0.00240. The van der Waals surface area contributed by atoms with Crippen LogP contribution in [0.2, 0.25) is 0 Å². The number of methoxy groups -OCH3 is 2. The Morgan fingerprint density at radius 2 is 1.90 bits per heavy atom. The Hall–Kier alpha value is -3.20. The third-order valence-electron chi connectivity index (χ3n) is 5.90. The van der Waals surface area contributed by atoms with E-state index in [0.717, 1.165) is 25.1 Å². The molecule has 1 aliphatic heterocycles.